The van der Waals surface area contributed by atoms with Gasteiger partial charge in [0.1, 0.15) is 0 Å². The van der Waals surface area contributed by atoms with Gasteiger partial charge >= 0.3 is 0 Å². The maximum atomic E-state index is 12.4. The molecule has 0 radical (unpaired) electrons. The van der Waals surface area contributed by atoms with Gasteiger partial charge in [0.2, 0.25) is 11.8 Å². The third-order valence-electron chi connectivity index (χ3n) is 4.56. The molecule has 0 aliphatic carbocycles. The zero-order chi connectivity index (χ0) is 17.4. The largest absolute Gasteiger partial charge is 0.361 e. The molecule has 3 N–H and O–H groups in total. The molecule has 0 saturated carbocycles. The summed E-state index contributed by atoms with van der Waals surface area (Å²) in [6, 6.07) is 11.8. The van der Waals surface area contributed by atoms with E-state index in [1.807, 2.05) is 43.5 Å². The van der Waals surface area contributed by atoms with Crippen LogP contribution in [0.5, 0.6) is 0 Å². The van der Waals surface area contributed by atoms with Gasteiger partial charge in [-0.15, -0.1) is 0 Å². The van der Waals surface area contributed by atoms with Crippen LogP contribution < -0.4 is 10.6 Å². The Bertz CT molecular complexity index is 988. The van der Waals surface area contributed by atoms with Gasteiger partial charge in [-0.25, -0.2) is 0 Å². The summed E-state index contributed by atoms with van der Waals surface area (Å²) in [5.41, 5.74) is 5.78. The third-order valence-corrected chi connectivity index (χ3v) is 4.56. The zero-order valence-electron chi connectivity index (χ0n) is 14.0. The molecule has 25 heavy (non-hydrogen) atoms. The first kappa shape index (κ1) is 15.4. The van der Waals surface area contributed by atoms with Gasteiger partial charge in [0, 0.05) is 34.9 Å². The van der Waals surface area contributed by atoms with Gasteiger partial charge in [0.25, 0.3) is 0 Å². The van der Waals surface area contributed by atoms with Crippen LogP contribution in [-0.2, 0) is 22.4 Å². The average molecular weight is 333 g/mol. The minimum atomic E-state index is -0.0800. The van der Waals surface area contributed by atoms with E-state index in [0.29, 0.717) is 18.5 Å². The van der Waals surface area contributed by atoms with Crippen molar-refractivity contribution >= 4 is 34.1 Å². The number of aryl methyl sites for hydroxylation is 2. The number of H-pyrrole nitrogens is 1. The highest BCUT2D eigenvalue weighted by molar-refractivity contribution is 5.98. The Morgan fingerprint density at radius 2 is 2.04 bits per heavy atom. The van der Waals surface area contributed by atoms with E-state index < -0.39 is 0 Å². The normalized spacial score (nSPS) is 13.4. The number of carbonyl (C=O) groups is 2. The van der Waals surface area contributed by atoms with E-state index in [0.717, 1.165) is 34.1 Å². The number of fused-ring (bicyclic) bond motifs is 2. The predicted molar refractivity (Wildman–Crippen MR) is 98.8 cm³/mol. The Hall–Kier alpha value is -3.08. The molecule has 2 amide bonds. The van der Waals surface area contributed by atoms with Crippen molar-refractivity contribution in [3.8, 4) is 0 Å². The highest BCUT2D eigenvalue weighted by Crippen LogP contribution is 2.26. The van der Waals surface area contributed by atoms with Gasteiger partial charge in [-0.2, -0.15) is 0 Å². The molecule has 1 aliphatic heterocycles. The van der Waals surface area contributed by atoms with Gasteiger partial charge < -0.3 is 15.6 Å². The molecule has 5 heteroatoms. The van der Waals surface area contributed by atoms with E-state index in [4.69, 9.17) is 0 Å². The standard InChI is InChI=1S/C20H19N3O2/c1-12-2-6-16-14(11-21-18(16)8-12)9-20(25)22-15-5-3-13-4-7-19(24)23-17(13)10-15/h2-3,5-6,8,10-11,21H,4,7,9H2,1H3,(H,22,25)(H,23,24). The number of hydrogen-bond acceptors (Lipinski definition) is 2. The molecule has 0 bridgehead atoms. The van der Waals surface area contributed by atoms with Crippen molar-refractivity contribution in [3.05, 3.63) is 59.3 Å². The van der Waals surface area contributed by atoms with Crippen molar-refractivity contribution in [2.24, 2.45) is 0 Å². The molecule has 0 atom stereocenters. The summed E-state index contributed by atoms with van der Waals surface area (Å²) in [6.07, 6.45) is 3.44. The lowest BCUT2D eigenvalue weighted by atomic mass is 10.0. The molecule has 2 aromatic carbocycles. The molecule has 0 saturated heterocycles. The van der Waals surface area contributed by atoms with E-state index in [1.54, 1.807) is 0 Å². The molecule has 3 aromatic rings. The quantitative estimate of drug-likeness (QED) is 0.686. The van der Waals surface area contributed by atoms with E-state index in [2.05, 4.69) is 21.7 Å². The fourth-order valence-electron chi connectivity index (χ4n) is 3.27. The second kappa shape index (κ2) is 6.09. The smallest absolute Gasteiger partial charge is 0.228 e. The topological polar surface area (TPSA) is 74.0 Å². The fraction of sp³-hybridized carbons (Fsp3) is 0.200. The molecule has 5 nitrogen and oxygen atoms in total. The summed E-state index contributed by atoms with van der Waals surface area (Å²) in [5.74, 6) is -0.0615. The number of rotatable bonds is 3. The molecule has 2 heterocycles. The van der Waals surface area contributed by atoms with Gasteiger partial charge in [-0.05, 0) is 48.2 Å². The number of carbonyl (C=O) groups excluding carboxylic acids is 2. The lowest BCUT2D eigenvalue weighted by Gasteiger charge is -2.17. The van der Waals surface area contributed by atoms with Crippen LogP contribution in [0.4, 0.5) is 11.4 Å². The van der Waals surface area contributed by atoms with Gasteiger partial charge in [-0.1, -0.05) is 18.2 Å². The zero-order valence-corrected chi connectivity index (χ0v) is 14.0. The number of aromatic amines is 1. The predicted octanol–water partition coefficient (Wildman–Crippen LogP) is 3.54. The maximum absolute atomic E-state index is 12.4. The molecule has 0 fully saturated rings. The van der Waals surface area contributed by atoms with Crippen molar-refractivity contribution in [1.29, 1.82) is 0 Å². The van der Waals surface area contributed by atoms with Crippen molar-refractivity contribution in [3.63, 3.8) is 0 Å². The van der Waals surface area contributed by atoms with Crippen molar-refractivity contribution in [2.45, 2.75) is 26.2 Å². The molecule has 1 aromatic heterocycles. The number of amides is 2. The van der Waals surface area contributed by atoms with Gasteiger partial charge in [-0.3, -0.25) is 9.59 Å². The second-order valence-electron chi connectivity index (χ2n) is 6.51. The Kier molecular flexibility index (Phi) is 3.76. The summed E-state index contributed by atoms with van der Waals surface area (Å²) in [5, 5.41) is 6.84. The lowest BCUT2D eigenvalue weighted by molar-refractivity contribution is -0.116. The summed E-state index contributed by atoms with van der Waals surface area (Å²) in [4.78, 5) is 27.1. The van der Waals surface area contributed by atoms with Gasteiger partial charge in [0.15, 0.2) is 0 Å². The molecule has 1 aliphatic rings. The highest BCUT2D eigenvalue weighted by Gasteiger charge is 2.15. The number of benzene rings is 2. The van der Waals surface area contributed by atoms with Crippen LogP contribution in [0.2, 0.25) is 0 Å². The number of nitrogens with one attached hydrogen (secondary N) is 3. The minimum absolute atomic E-state index is 0.0186. The molecular formula is C20H19N3O2. The minimum Gasteiger partial charge on any atom is -0.361 e. The first-order chi connectivity index (χ1) is 12.1. The van der Waals surface area contributed by atoms with E-state index in [1.165, 1.54) is 5.56 Å². The summed E-state index contributed by atoms with van der Waals surface area (Å²) >= 11 is 0. The van der Waals surface area contributed by atoms with Crippen LogP contribution in [0, 0.1) is 6.92 Å². The third kappa shape index (κ3) is 3.13. The first-order valence-corrected chi connectivity index (χ1v) is 8.38. The van der Waals surface area contributed by atoms with Gasteiger partial charge in [0.05, 0.1) is 6.42 Å². The first-order valence-electron chi connectivity index (χ1n) is 8.38. The molecule has 126 valence electrons. The Morgan fingerprint density at radius 3 is 2.92 bits per heavy atom. The average Bonchev–Trinajstić information content (AvgIpc) is 2.96. The molecule has 4 rings (SSSR count). The van der Waals surface area contributed by atoms with E-state index in [9.17, 15) is 9.59 Å². The van der Waals surface area contributed by atoms with Crippen LogP contribution in [0.15, 0.2) is 42.6 Å². The number of aromatic nitrogens is 1. The van der Waals surface area contributed by atoms with Crippen LogP contribution in [0.1, 0.15) is 23.1 Å². The molecule has 0 spiro atoms. The van der Waals surface area contributed by atoms with Crippen LogP contribution in [0.3, 0.4) is 0 Å². The van der Waals surface area contributed by atoms with E-state index in [-0.39, 0.29) is 11.8 Å². The Morgan fingerprint density at radius 1 is 1.16 bits per heavy atom. The monoisotopic (exact) mass is 333 g/mol. The van der Waals surface area contributed by atoms with E-state index >= 15 is 0 Å². The fourth-order valence-corrected chi connectivity index (χ4v) is 3.27. The Labute approximate surface area is 145 Å². The molecular weight excluding hydrogens is 314 g/mol. The lowest BCUT2D eigenvalue weighted by Crippen LogP contribution is -2.20. The summed E-state index contributed by atoms with van der Waals surface area (Å²) < 4.78 is 0. The van der Waals surface area contributed by atoms with Crippen LogP contribution >= 0.6 is 0 Å². The van der Waals surface area contributed by atoms with Crippen LogP contribution in [-0.4, -0.2) is 16.8 Å². The van der Waals surface area contributed by atoms with Crippen LogP contribution in [0.25, 0.3) is 10.9 Å². The number of anilines is 2. The van der Waals surface area contributed by atoms with Crippen molar-refractivity contribution in [1.82, 2.24) is 4.98 Å². The SMILES string of the molecule is Cc1ccc2c(CC(=O)Nc3ccc4c(c3)NC(=O)CC4)c[nH]c2c1. The second-order valence-corrected chi connectivity index (χ2v) is 6.51. The van der Waals surface area contributed by atoms with Crippen molar-refractivity contribution < 1.29 is 9.59 Å². The van der Waals surface area contributed by atoms with Crippen molar-refractivity contribution in [2.75, 3.05) is 10.6 Å². The highest BCUT2D eigenvalue weighted by atomic mass is 16.2. The summed E-state index contributed by atoms with van der Waals surface area (Å²) in [6.45, 7) is 2.04. The summed E-state index contributed by atoms with van der Waals surface area (Å²) in [7, 11) is 0. The maximum Gasteiger partial charge on any atom is 0.228 e. The number of hydrogen-bond donors (Lipinski definition) is 3. The Balaban J connectivity index is 1.50. The molecule has 0 unspecified atom stereocenters.